The van der Waals surface area contributed by atoms with Crippen molar-refractivity contribution in [3.8, 4) is 17.2 Å². The van der Waals surface area contributed by atoms with E-state index < -0.39 is 17.3 Å². The molecule has 4 atom stereocenters. The first-order chi connectivity index (χ1) is 13.1. The Balaban J connectivity index is 1.41. The van der Waals surface area contributed by atoms with E-state index in [1.54, 1.807) is 14.2 Å². The van der Waals surface area contributed by atoms with Crippen LogP contribution >= 0.6 is 0 Å². The van der Waals surface area contributed by atoms with Gasteiger partial charge in [-0.1, -0.05) is 6.07 Å². The average Bonchev–Trinajstić information content (AvgIpc) is 3.24. The molecule has 0 unspecified atom stereocenters. The Morgan fingerprint density at radius 1 is 1.19 bits per heavy atom. The highest BCUT2D eigenvalue weighted by Gasteiger charge is 2.49. The summed E-state index contributed by atoms with van der Waals surface area (Å²) < 4.78 is 27.6. The van der Waals surface area contributed by atoms with Gasteiger partial charge in [0.15, 0.2) is 17.6 Å². The fraction of sp³-hybridized carbons (Fsp3) is 0.647. The highest BCUT2D eigenvalue weighted by Crippen LogP contribution is 2.36. The molecule has 0 radical (unpaired) electrons. The highest BCUT2D eigenvalue weighted by atomic mass is 17.0. The Morgan fingerprint density at radius 3 is 2.56 bits per heavy atom. The van der Waals surface area contributed by atoms with Crippen molar-refractivity contribution in [1.82, 2.24) is 5.32 Å². The van der Waals surface area contributed by atoms with Crippen LogP contribution in [-0.4, -0.2) is 70.0 Å². The Morgan fingerprint density at radius 2 is 1.89 bits per heavy atom. The molecule has 0 amide bonds. The molecule has 10 nitrogen and oxygen atoms in total. The summed E-state index contributed by atoms with van der Waals surface area (Å²) in [5, 5.41) is 13.1. The number of fused-ring (bicyclic) bond motifs is 1. The normalized spacial score (nSPS) is 26.4. The first-order valence-corrected chi connectivity index (χ1v) is 8.75. The Kier molecular flexibility index (Phi) is 6.54. The van der Waals surface area contributed by atoms with Crippen molar-refractivity contribution in [3.05, 3.63) is 28.3 Å². The SMILES string of the molecule is COc1cccc(OC)c1OCCCN[C@H]1CO[C@H]2[C@@H]1OC[C@@H]2O[N+](=O)[O-]. The summed E-state index contributed by atoms with van der Waals surface area (Å²) >= 11 is 0. The smallest absolute Gasteiger partial charge is 0.294 e. The molecule has 0 saturated carbocycles. The maximum atomic E-state index is 10.5. The maximum absolute atomic E-state index is 10.5. The molecule has 2 heterocycles. The van der Waals surface area contributed by atoms with Crippen LogP contribution in [0, 0.1) is 10.1 Å². The van der Waals surface area contributed by atoms with Gasteiger partial charge in [-0.05, 0) is 25.1 Å². The quantitative estimate of drug-likeness (QED) is 0.356. The molecule has 0 bridgehead atoms. The van der Waals surface area contributed by atoms with Gasteiger partial charge in [0.05, 0.1) is 40.1 Å². The van der Waals surface area contributed by atoms with Gasteiger partial charge >= 0.3 is 0 Å². The number of ether oxygens (including phenoxy) is 5. The third kappa shape index (κ3) is 4.52. The van der Waals surface area contributed by atoms with Crippen LogP contribution in [0.2, 0.25) is 0 Å². The van der Waals surface area contributed by atoms with Crippen molar-refractivity contribution in [2.75, 3.05) is 40.6 Å². The molecule has 1 N–H and O–H groups in total. The summed E-state index contributed by atoms with van der Waals surface area (Å²) in [6, 6.07) is 5.43. The van der Waals surface area contributed by atoms with Crippen LogP contribution in [-0.2, 0) is 14.3 Å². The van der Waals surface area contributed by atoms with Crippen LogP contribution in [0.3, 0.4) is 0 Å². The molecule has 3 rings (SSSR count). The summed E-state index contributed by atoms with van der Waals surface area (Å²) in [6.07, 6.45) is -0.588. The van der Waals surface area contributed by atoms with Crippen LogP contribution in [0.1, 0.15) is 6.42 Å². The Bertz CT molecular complexity index is 621. The van der Waals surface area contributed by atoms with Gasteiger partial charge in [-0.2, -0.15) is 0 Å². The van der Waals surface area contributed by atoms with E-state index in [9.17, 15) is 10.1 Å². The molecular weight excluding hydrogens is 360 g/mol. The number of nitrogens with one attached hydrogen (secondary N) is 1. The lowest BCUT2D eigenvalue weighted by molar-refractivity contribution is -0.769. The first kappa shape index (κ1) is 19.5. The summed E-state index contributed by atoms with van der Waals surface area (Å²) in [7, 11) is 3.16. The zero-order chi connectivity index (χ0) is 19.2. The second-order valence-electron chi connectivity index (χ2n) is 6.22. The topological polar surface area (TPSA) is 111 Å². The molecule has 2 saturated heterocycles. The monoisotopic (exact) mass is 384 g/mol. The van der Waals surface area contributed by atoms with E-state index in [2.05, 4.69) is 10.2 Å². The molecule has 0 aliphatic carbocycles. The fourth-order valence-electron chi connectivity index (χ4n) is 3.33. The van der Waals surface area contributed by atoms with Crippen LogP contribution in [0.4, 0.5) is 0 Å². The molecule has 2 fully saturated rings. The maximum Gasteiger partial charge on any atom is 0.294 e. The number of hydrogen-bond acceptors (Lipinski definition) is 9. The lowest BCUT2D eigenvalue weighted by atomic mass is 10.1. The van der Waals surface area contributed by atoms with E-state index in [1.165, 1.54) is 0 Å². The highest BCUT2D eigenvalue weighted by molar-refractivity contribution is 5.51. The first-order valence-electron chi connectivity index (χ1n) is 8.75. The molecule has 2 aliphatic heterocycles. The largest absolute Gasteiger partial charge is 0.493 e. The minimum Gasteiger partial charge on any atom is -0.493 e. The van der Waals surface area contributed by atoms with Crippen molar-refractivity contribution < 1.29 is 33.6 Å². The van der Waals surface area contributed by atoms with Gasteiger partial charge < -0.3 is 33.8 Å². The zero-order valence-corrected chi connectivity index (χ0v) is 15.3. The molecule has 2 aliphatic rings. The van der Waals surface area contributed by atoms with E-state index in [0.29, 0.717) is 37.0 Å². The Hall–Kier alpha value is -2.30. The minimum atomic E-state index is -0.802. The predicted molar refractivity (Wildman–Crippen MR) is 92.8 cm³/mol. The Labute approximate surface area is 156 Å². The lowest BCUT2D eigenvalue weighted by Crippen LogP contribution is -2.42. The van der Waals surface area contributed by atoms with Crippen LogP contribution in [0.5, 0.6) is 17.2 Å². The van der Waals surface area contributed by atoms with E-state index in [0.717, 1.165) is 6.42 Å². The van der Waals surface area contributed by atoms with Crippen molar-refractivity contribution >= 4 is 0 Å². The average molecular weight is 384 g/mol. The number of nitrogens with zero attached hydrogens (tertiary/aromatic N) is 1. The van der Waals surface area contributed by atoms with Gasteiger partial charge in [0.25, 0.3) is 5.09 Å². The molecule has 0 aromatic heterocycles. The zero-order valence-electron chi connectivity index (χ0n) is 15.3. The van der Waals surface area contributed by atoms with Gasteiger partial charge in [-0.25, -0.2) is 0 Å². The number of hydrogen-bond donors (Lipinski definition) is 1. The standard InChI is InChI=1S/C17H24N2O8/c1-22-12-5-3-6-13(23-2)16(12)24-8-4-7-18-11-9-25-17-14(27-19(20)21)10-26-15(11)17/h3,5-6,11,14-15,17-18H,4,7-10H2,1-2H3/t11-,14-,15+,17+/m0/s1. The number of rotatable bonds is 10. The van der Waals surface area contributed by atoms with Crippen molar-refractivity contribution in [3.63, 3.8) is 0 Å². The molecular formula is C17H24N2O8. The predicted octanol–water partition coefficient (Wildman–Crippen LogP) is 0.805. The van der Waals surface area contributed by atoms with Crippen molar-refractivity contribution in [1.29, 1.82) is 0 Å². The molecule has 0 spiro atoms. The summed E-state index contributed by atoms with van der Waals surface area (Å²) in [6.45, 7) is 1.73. The van der Waals surface area contributed by atoms with E-state index in [1.807, 2.05) is 18.2 Å². The van der Waals surface area contributed by atoms with E-state index >= 15 is 0 Å². The second-order valence-corrected chi connectivity index (χ2v) is 6.22. The molecule has 1 aromatic carbocycles. The summed E-state index contributed by atoms with van der Waals surface area (Å²) in [5.74, 6) is 1.81. The van der Waals surface area contributed by atoms with Crippen LogP contribution < -0.4 is 19.5 Å². The van der Waals surface area contributed by atoms with Crippen molar-refractivity contribution in [2.24, 2.45) is 0 Å². The van der Waals surface area contributed by atoms with Crippen molar-refractivity contribution in [2.45, 2.75) is 30.8 Å². The van der Waals surface area contributed by atoms with E-state index in [-0.39, 0.29) is 18.8 Å². The minimum absolute atomic E-state index is 0.0313. The number of methoxy groups -OCH3 is 2. The van der Waals surface area contributed by atoms with Gasteiger partial charge in [0, 0.05) is 0 Å². The van der Waals surface area contributed by atoms with Gasteiger partial charge in [0.1, 0.15) is 12.2 Å². The third-order valence-corrected chi connectivity index (χ3v) is 4.59. The lowest BCUT2D eigenvalue weighted by Gasteiger charge is -2.18. The van der Waals surface area contributed by atoms with Crippen LogP contribution in [0.25, 0.3) is 0 Å². The second kappa shape index (κ2) is 9.07. The van der Waals surface area contributed by atoms with Gasteiger partial charge in [-0.3, -0.25) is 0 Å². The number of benzene rings is 1. The summed E-state index contributed by atoms with van der Waals surface area (Å²) in [5.41, 5.74) is 0. The third-order valence-electron chi connectivity index (χ3n) is 4.59. The summed E-state index contributed by atoms with van der Waals surface area (Å²) in [4.78, 5) is 15.1. The van der Waals surface area contributed by atoms with Crippen LogP contribution in [0.15, 0.2) is 18.2 Å². The fourth-order valence-corrected chi connectivity index (χ4v) is 3.33. The molecule has 27 heavy (non-hydrogen) atoms. The molecule has 150 valence electrons. The number of para-hydroxylation sites is 1. The molecule has 10 heteroatoms. The van der Waals surface area contributed by atoms with E-state index in [4.69, 9.17) is 23.7 Å². The van der Waals surface area contributed by atoms with Gasteiger partial charge in [-0.15, -0.1) is 10.1 Å². The molecule has 1 aromatic rings. The van der Waals surface area contributed by atoms with Gasteiger partial charge in [0.2, 0.25) is 5.75 Å².